The van der Waals surface area contributed by atoms with Gasteiger partial charge in [-0.2, -0.15) is 0 Å². The summed E-state index contributed by atoms with van der Waals surface area (Å²) in [5, 5.41) is 0. The molecule has 2 nitrogen and oxygen atoms in total. The van der Waals surface area contributed by atoms with Crippen LogP contribution in [0.5, 0.6) is 0 Å². The van der Waals surface area contributed by atoms with Crippen molar-refractivity contribution >= 4 is 5.91 Å². The Morgan fingerprint density at radius 1 is 1.54 bits per heavy atom. The van der Waals surface area contributed by atoms with Crippen LogP contribution in [0.3, 0.4) is 0 Å². The summed E-state index contributed by atoms with van der Waals surface area (Å²) in [4.78, 5) is 12.6. The van der Waals surface area contributed by atoms with Crippen molar-refractivity contribution < 1.29 is 13.6 Å². The molecule has 1 amide bonds. The van der Waals surface area contributed by atoms with Crippen LogP contribution in [0.1, 0.15) is 12.8 Å². The number of alkyl halides is 2. The van der Waals surface area contributed by atoms with Crippen molar-refractivity contribution in [1.82, 2.24) is 4.90 Å². The summed E-state index contributed by atoms with van der Waals surface area (Å²) in [5.74, 6) is -2.77. The first-order valence-corrected chi connectivity index (χ1v) is 4.30. The van der Waals surface area contributed by atoms with E-state index in [1.807, 2.05) is 0 Å². The monoisotopic (exact) mass is 187 g/mol. The van der Waals surface area contributed by atoms with Crippen LogP contribution < -0.4 is 0 Å². The van der Waals surface area contributed by atoms with Crippen molar-refractivity contribution in [3.05, 3.63) is 12.7 Å². The molecule has 2 aliphatic rings. The van der Waals surface area contributed by atoms with Crippen molar-refractivity contribution in [3.63, 3.8) is 0 Å². The first kappa shape index (κ1) is 8.66. The average Bonchev–Trinajstić information content (AvgIpc) is 2.50. The molecule has 72 valence electrons. The van der Waals surface area contributed by atoms with Crippen LogP contribution in [0.2, 0.25) is 0 Å². The summed E-state index contributed by atoms with van der Waals surface area (Å²) in [5.41, 5.74) is -0.883. The van der Waals surface area contributed by atoms with Crippen molar-refractivity contribution in [2.75, 3.05) is 13.1 Å². The smallest absolute Gasteiger partial charge is 0.256 e. The Kier molecular flexibility index (Phi) is 1.54. The molecular weight excluding hydrogens is 176 g/mol. The van der Waals surface area contributed by atoms with Gasteiger partial charge in [-0.15, -0.1) is 0 Å². The van der Waals surface area contributed by atoms with Crippen molar-refractivity contribution in [1.29, 1.82) is 0 Å². The molecule has 1 aliphatic carbocycles. The number of rotatable bonds is 1. The van der Waals surface area contributed by atoms with Gasteiger partial charge < -0.3 is 4.90 Å². The quantitative estimate of drug-likeness (QED) is 0.569. The molecule has 1 saturated carbocycles. The molecule has 1 spiro atoms. The third-order valence-electron chi connectivity index (χ3n) is 3.05. The van der Waals surface area contributed by atoms with Gasteiger partial charge in [-0.05, 0) is 12.5 Å². The number of nitrogens with zero attached hydrogens (tertiary/aromatic N) is 1. The SMILES string of the molecule is C=CC(=O)N1CCC2(C1)CC2(F)F. The normalized spacial score (nSPS) is 35.1. The zero-order chi connectivity index (χ0) is 9.69. The van der Waals surface area contributed by atoms with Crippen LogP contribution in [0.4, 0.5) is 8.78 Å². The first-order chi connectivity index (χ1) is 6.01. The second-order valence-corrected chi connectivity index (χ2v) is 3.88. The van der Waals surface area contributed by atoms with E-state index < -0.39 is 11.3 Å². The maximum atomic E-state index is 12.9. The van der Waals surface area contributed by atoms with Crippen molar-refractivity contribution in [2.45, 2.75) is 18.8 Å². The van der Waals surface area contributed by atoms with E-state index in [1.54, 1.807) is 0 Å². The molecule has 1 atom stereocenters. The topological polar surface area (TPSA) is 20.3 Å². The molecular formula is C9H11F2NO. The van der Waals surface area contributed by atoms with Crippen LogP contribution in [0, 0.1) is 5.41 Å². The fraction of sp³-hybridized carbons (Fsp3) is 0.667. The summed E-state index contributed by atoms with van der Waals surface area (Å²) >= 11 is 0. The Balaban J connectivity index is 2.04. The Morgan fingerprint density at radius 2 is 2.15 bits per heavy atom. The Hall–Kier alpha value is -0.930. The van der Waals surface area contributed by atoms with Gasteiger partial charge in [-0.3, -0.25) is 4.79 Å². The summed E-state index contributed by atoms with van der Waals surface area (Å²) in [6.45, 7) is 3.98. The van der Waals surface area contributed by atoms with Crippen molar-refractivity contribution in [3.8, 4) is 0 Å². The molecule has 1 saturated heterocycles. The second-order valence-electron chi connectivity index (χ2n) is 3.88. The van der Waals surface area contributed by atoms with Gasteiger partial charge in [0.1, 0.15) is 0 Å². The molecule has 0 bridgehead atoms. The lowest BCUT2D eigenvalue weighted by molar-refractivity contribution is -0.125. The molecule has 0 aromatic rings. The highest BCUT2D eigenvalue weighted by Crippen LogP contribution is 2.64. The highest BCUT2D eigenvalue weighted by molar-refractivity contribution is 5.87. The Bertz CT molecular complexity index is 277. The summed E-state index contributed by atoms with van der Waals surface area (Å²) in [7, 11) is 0. The highest BCUT2D eigenvalue weighted by atomic mass is 19.3. The average molecular weight is 187 g/mol. The van der Waals surface area contributed by atoms with Crippen LogP contribution in [0.15, 0.2) is 12.7 Å². The molecule has 13 heavy (non-hydrogen) atoms. The molecule has 0 radical (unpaired) electrons. The van der Waals surface area contributed by atoms with E-state index in [1.165, 1.54) is 11.0 Å². The predicted octanol–water partition coefficient (Wildman–Crippen LogP) is 1.43. The Morgan fingerprint density at radius 3 is 2.54 bits per heavy atom. The maximum Gasteiger partial charge on any atom is 0.256 e. The number of carbonyl (C=O) groups excluding carboxylic acids is 1. The second kappa shape index (κ2) is 2.30. The van der Waals surface area contributed by atoms with Crippen LogP contribution >= 0.6 is 0 Å². The van der Waals surface area contributed by atoms with Gasteiger partial charge >= 0.3 is 0 Å². The van der Waals surface area contributed by atoms with Gasteiger partial charge in [-0.1, -0.05) is 6.58 Å². The Labute approximate surface area is 75.2 Å². The van der Waals surface area contributed by atoms with E-state index >= 15 is 0 Å². The first-order valence-electron chi connectivity index (χ1n) is 4.30. The molecule has 2 rings (SSSR count). The van der Waals surface area contributed by atoms with Crippen LogP contribution in [-0.2, 0) is 4.79 Å². The lowest BCUT2D eigenvalue weighted by Gasteiger charge is -2.13. The lowest BCUT2D eigenvalue weighted by Crippen LogP contribution is -2.28. The molecule has 2 fully saturated rings. The number of carbonyl (C=O) groups is 1. The third kappa shape index (κ3) is 1.08. The molecule has 0 aromatic heterocycles. The zero-order valence-electron chi connectivity index (χ0n) is 7.22. The van der Waals surface area contributed by atoms with Crippen LogP contribution in [-0.4, -0.2) is 29.8 Å². The molecule has 4 heteroatoms. The summed E-state index contributed by atoms with van der Waals surface area (Å²) in [6, 6.07) is 0. The highest BCUT2D eigenvalue weighted by Gasteiger charge is 2.72. The zero-order valence-corrected chi connectivity index (χ0v) is 7.22. The lowest BCUT2D eigenvalue weighted by atomic mass is 10.1. The van der Waals surface area contributed by atoms with E-state index in [4.69, 9.17) is 0 Å². The minimum atomic E-state index is -2.54. The van der Waals surface area contributed by atoms with Gasteiger partial charge in [0.05, 0.1) is 5.41 Å². The summed E-state index contributed by atoms with van der Waals surface area (Å²) < 4.78 is 25.7. The third-order valence-corrected chi connectivity index (χ3v) is 3.05. The van der Waals surface area contributed by atoms with E-state index in [2.05, 4.69) is 6.58 Å². The van der Waals surface area contributed by atoms with Gasteiger partial charge in [0, 0.05) is 19.5 Å². The van der Waals surface area contributed by atoms with Crippen molar-refractivity contribution in [2.24, 2.45) is 5.41 Å². The molecule has 0 aromatic carbocycles. The largest absolute Gasteiger partial charge is 0.338 e. The molecule has 1 heterocycles. The minimum absolute atomic E-state index is 0.0546. The van der Waals surface area contributed by atoms with Crippen LogP contribution in [0.25, 0.3) is 0 Å². The van der Waals surface area contributed by atoms with Gasteiger partial charge in [0.25, 0.3) is 5.92 Å². The number of hydrogen-bond donors (Lipinski definition) is 0. The number of hydrogen-bond acceptors (Lipinski definition) is 1. The number of halogens is 2. The minimum Gasteiger partial charge on any atom is -0.338 e. The maximum absolute atomic E-state index is 12.9. The fourth-order valence-corrected chi connectivity index (χ4v) is 2.01. The number of amides is 1. The van der Waals surface area contributed by atoms with E-state index in [-0.39, 0.29) is 18.9 Å². The molecule has 0 N–H and O–H groups in total. The van der Waals surface area contributed by atoms with Gasteiger partial charge in [-0.25, -0.2) is 8.78 Å². The van der Waals surface area contributed by atoms with E-state index in [9.17, 15) is 13.6 Å². The van der Waals surface area contributed by atoms with E-state index in [0.717, 1.165) is 0 Å². The molecule has 1 unspecified atom stereocenters. The predicted molar refractivity (Wildman–Crippen MR) is 43.4 cm³/mol. The fourth-order valence-electron chi connectivity index (χ4n) is 2.01. The van der Waals surface area contributed by atoms with E-state index in [0.29, 0.717) is 13.0 Å². The molecule has 1 aliphatic heterocycles. The summed E-state index contributed by atoms with van der Waals surface area (Å²) in [6.07, 6.45) is 1.56. The van der Waals surface area contributed by atoms with Gasteiger partial charge in [0.2, 0.25) is 5.91 Å². The standard InChI is InChI=1S/C9H11F2NO/c1-2-7(13)12-4-3-8(6-12)5-9(8,10)11/h2H,1,3-6H2. The number of likely N-dealkylation sites (tertiary alicyclic amines) is 1. The van der Waals surface area contributed by atoms with Gasteiger partial charge in [0.15, 0.2) is 0 Å².